The van der Waals surface area contributed by atoms with E-state index in [2.05, 4.69) is 10.4 Å². The fraction of sp³-hybridized carbons (Fsp3) is 0.444. The summed E-state index contributed by atoms with van der Waals surface area (Å²) in [5.74, 6) is 1.64. The summed E-state index contributed by atoms with van der Waals surface area (Å²) < 4.78 is 7.28. The topological polar surface area (TPSA) is 56.2 Å². The molecule has 1 N–H and O–H groups in total. The molecule has 1 saturated heterocycles. The minimum Gasteiger partial charge on any atom is -0.381 e. The Hall–Kier alpha value is -1.85. The zero-order valence-corrected chi connectivity index (χ0v) is 14.1. The van der Waals surface area contributed by atoms with E-state index in [-0.39, 0.29) is 11.8 Å². The molecule has 0 radical (unpaired) electrons. The Kier molecular flexibility index (Phi) is 4.29. The number of aromatic nitrogens is 2. The first-order chi connectivity index (χ1) is 11.7. The Morgan fingerprint density at radius 3 is 2.92 bits per heavy atom. The van der Waals surface area contributed by atoms with Crippen molar-refractivity contribution in [3.05, 3.63) is 47.1 Å². The van der Waals surface area contributed by atoms with Gasteiger partial charge in [-0.25, -0.2) is 4.68 Å². The molecule has 2 heterocycles. The molecule has 1 amide bonds. The van der Waals surface area contributed by atoms with Crippen LogP contribution in [0.2, 0.25) is 5.02 Å². The Morgan fingerprint density at radius 1 is 1.33 bits per heavy atom. The maximum atomic E-state index is 12.5. The number of carbonyl (C=O) groups excluding carboxylic acids is 1. The molecule has 24 heavy (non-hydrogen) atoms. The number of ether oxygens (including phenoxy) is 1. The van der Waals surface area contributed by atoms with Crippen LogP contribution in [0.1, 0.15) is 24.3 Å². The lowest BCUT2D eigenvalue weighted by Crippen LogP contribution is -2.20. The summed E-state index contributed by atoms with van der Waals surface area (Å²) in [5.41, 5.74) is 1.18. The first-order valence-electron chi connectivity index (χ1n) is 8.36. The lowest BCUT2D eigenvalue weighted by molar-refractivity contribution is -0.117. The average molecular weight is 346 g/mol. The van der Waals surface area contributed by atoms with Crippen LogP contribution in [0.5, 0.6) is 0 Å². The number of hydrogen-bond donors (Lipinski definition) is 1. The van der Waals surface area contributed by atoms with Crippen LogP contribution < -0.4 is 5.32 Å². The molecule has 2 fully saturated rings. The summed E-state index contributed by atoms with van der Waals surface area (Å²) in [7, 11) is 0. The van der Waals surface area contributed by atoms with Gasteiger partial charge in [0.1, 0.15) is 5.82 Å². The third-order valence-electron chi connectivity index (χ3n) is 4.85. The van der Waals surface area contributed by atoms with E-state index in [0.29, 0.717) is 11.8 Å². The summed E-state index contributed by atoms with van der Waals surface area (Å²) in [6, 6.07) is 9.62. The van der Waals surface area contributed by atoms with E-state index in [4.69, 9.17) is 16.3 Å². The lowest BCUT2D eigenvalue weighted by atomic mass is 10.1. The first kappa shape index (κ1) is 15.7. The molecule has 3 atom stereocenters. The van der Waals surface area contributed by atoms with Gasteiger partial charge in [-0.2, -0.15) is 5.10 Å². The minimum atomic E-state index is 0.0318. The third-order valence-corrected chi connectivity index (χ3v) is 5.10. The molecule has 0 spiro atoms. The largest absolute Gasteiger partial charge is 0.381 e. The highest BCUT2D eigenvalue weighted by Crippen LogP contribution is 2.48. The van der Waals surface area contributed by atoms with Crippen LogP contribution in [0.15, 0.2) is 36.5 Å². The van der Waals surface area contributed by atoms with Crippen LogP contribution >= 0.6 is 11.6 Å². The highest BCUT2D eigenvalue weighted by Gasteiger charge is 2.44. The Morgan fingerprint density at radius 2 is 2.17 bits per heavy atom. The SMILES string of the molecule is O=C(Nc1ccnn1C[C@@H]1CCOC1)[C@@H]1C[C@H]1c1ccc(Cl)cc1. The van der Waals surface area contributed by atoms with Crippen molar-refractivity contribution in [3.8, 4) is 0 Å². The number of benzene rings is 1. The Bertz CT molecular complexity index is 722. The van der Waals surface area contributed by atoms with Gasteiger partial charge in [0, 0.05) is 36.1 Å². The Balaban J connectivity index is 1.37. The smallest absolute Gasteiger partial charge is 0.229 e. The normalized spacial score (nSPS) is 25.6. The van der Waals surface area contributed by atoms with Crippen LogP contribution in [0.25, 0.3) is 0 Å². The van der Waals surface area contributed by atoms with Crippen LogP contribution in [-0.2, 0) is 16.1 Å². The summed E-state index contributed by atoms with van der Waals surface area (Å²) >= 11 is 5.92. The fourth-order valence-corrected chi connectivity index (χ4v) is 3.46. The number of amides is 1. The van der Waals surface area contributed by atoms with Crippen molar-refractivity contribution in [2.24, 2.45) is 11.8 Å². The predicted molar refractivity (Wildman–Crippen MR) is 92.1 cm³/mol. The van der Waals surface area contributed by atoms with E-state index in [1.165, 1.54) is 5.56 Å². The van der Waals surface area contributed by atoms with Gasteiger partial charge in [-0.3, -0.25) is 4.79 Å². The molecule has 1 saturated carbocycles. The second kappa shape index (κ2) is 6.57. The summed E-state index contributed by atoms with van der Waals surface area (Å²) in [6.07, 6.45) is 3.67. The van der Waals surface area contributed by atoms with E-state index in [1.54, 1.807) is 6.20 Å². The molecule has 1 aliphatic heterocycles. The van der Waals surface area contributed by atoms with Crippen molar-refractivity contribution in [2.45, 2.75) is 25.3 Å². The lowest BCUT2D eigenvalue weighted by Gasteiger charge is -2.12. The van der Waals surface area contributed by atoms with Crippen molar-refractivity contribution in [2.75, 3.05) is 18.5 Å². The summed E-state index contributed by atoms with van der Waals surface area (Å²) in [5, 5.41) is 8.09. The van der Waals surface area contributed by atoms with Gasteiger partial charge < -0.3 is 10.1 Å². The molecule has 0 unspecified atom stereocenters. The quantitative estimate of drug-likeness (QED) is 0.904. The molecular formula is C18H20ClN3O2. The predicted octanol–water partition coefficient (Wildman–Crippen LogP) is 3.32. The van der Waals surface area contributed by atoms with Crippen molar-refractivity contribution in [3.63, 3.8) is 0 Å². The number of nitrogens with one attached hydrogen (secondary N) is 1. The molecular weight excluding hydrogens is 326 g/mol. The zero-order chi connectivity index (χ0) is 16.5. The van der Waals surface area contributed by atoms with E-state index < -0.39 is 0 Å². The van der Waals surface area contributed by atoms with Crippen LogP contribution in [0.3, 0.4) is 0 Å². The maximum absolute atomic E-state index is 12.5. The highest BCUT2D eigenvalue weighted by atomic mass is 35.5. The Labute approximate surface area is 145 Å². The average Bonchev–Trinajstić information content (AvgIpc) is 2.99. The zero-order valence-electron chi connectivity index (χ0n) is 13.3. The van der Waals surface area contributed by atoms with Gasteiger partial charge in [0.2, 0.25) is 5.91 Å². The van der Waals surface area contributed by atoms with Gasteiger partial charge >= 0.3 is 0 Å². The van der Waals surface area contributed by atoms with E-state index in [0.717, 1.165) is 43.4 Å². The number of anilines is 1. The minimum absolute atomic E-state index is 0.0318. The van der Waals surface area contributed by atoms with Gasteiger partial charge in [0.15, 0.2) is 0 Å². The number of carbonyl (C=O) groups is 1. The number of halogens is 1. The molecule has 6 heteroatoms. The van der Waals surface area contributed by atoms with Gasteiger partial charge in [-0.1, -0.05) is 23.7 Å². The molecule has 5 nitrogen and oxygen atoms in total. The van der Waals surface area contributed by atoms with Crippen LogP contribution in [0.4, 0.5) is 5.82 Å². The molecule has 1 aliphatic carbocycles. The highest BCUT2D eigenvalue weighted by molar-refractivity contribution is 6.30. The number of hydrogen-bond acceptors (Lipinski definition) is 3. The van der Waals surface area contributed by atoms with Gasteiger partial charge in [0.05, 0.1) is 12.8 Å². The number of nitrogens with zero attached hydrogens (tertiary/aromatic N) is 2. The van der Waals surface area contributed by atoms with Gasteiger partial charge in [-0.05, 0) is 36.5 Å². The van der Waals surface area contributed by atoms with Crippen molar-refractivity contribution in [1.82, 2.24) is 9.78 Å². The fourth-order valence-electron chi connectivity index (χ4n) is 3.34. The van der Waals surface area contributed by atoms with Crippen molar-refractivity contribution < 1.29 is 9.53 Å². The van der Waals surface area contributed by atoms with Gasteiger partial charge in [0.25, 0.3) is 0 Å². The monoisotopic (exact) mass is 345 g/mol. The molecule has 126 valence electrons. The van der Waals surface area contributed by atoms with Gasteiger partial charge in [-0.15, -0.1) is 0 Å². The molecule has 2 aliphatic rings. The summed E-state index contributed by atoms with van der Waals surface area (Å²) in [6.45, 7) is 2.38. The van der Waals surface area contributed by atoms with E-state index in [1.807, 2.05) is 35.0 Å². The van der Waals surface area contributed by atoms with E-state index >= 15 is 0 Å². The van der Waals surface area contributed by atoms with Crippen LogP contribution in [-0.4, -0.2) is 28.9 Å². The van der Waals surface area contributed by atoms with Crippen molar-refractivity contribution in [1.29, 1.82) is 0 Å². The van der Waals surface area contributed by atoms with E-state index in [9.17, 15) is 4.79 Å². The standard InChI is InChI=1S/C18H20ClN3O2/c19-14-3-1-13(2-4-14)15-9-16(15)18(23)21-17-5-7-20-22(17)10-12-6-8-24-11-12/h1-5,7,12,15-16H,6,8-11H2,(H,21,23)/t12-,15-,16+/m0/s1. The third kappa shape index (κ3) is 3.32. The first-order valence-corrected chi connectivity index (χ1v) is 8.74. The van der Waals surface area contributed by atoms with Crippen molar-refractivity contribution >= 4 is 23.3 Å². The van der Waals surface area contributed by atoms with Crippen LogP contribution in [0, 0.1) is 11.8 Å². The molecule has 1 aromatic carbocycles. The molecule has 0 bridgehead atoms. The summed E-state index contributed by atoms with van der Waals surface area (Å²) in [4.78, 5) is 12.5. The second-order valence-electron chi connectivity index (χ2n) is 6.62. The number of rotatable bonds is 5. The molecule has 4 rings (SSSR count). The second-order valence-corrected chi connectivity index (χ2v) is 7.05. The molecule has 2 aromatic rings. The maximum Gasteiger partial charge on any atom is 0.229 e. The molecule has 1 aromatic heterocycles.